The number of hydrogen-bond acceptors (Lipinski definition) is 3. The van der Waals surface area contributed by atoms with Gasteiger partial charge >= 0.3 is 0 Å². The van der Waals surface area contributed by atoms with Crippen molar-refractivity contribution in [2.75, 3.05) is 0 Å². The average molecular weight is 385 g/mol. The molecule has 1 aliphatic rings. The van der Waals surface area contributed by atoms with Gasteiger partial charge in [0.2, 0.25) is 5.67 Å². The summed E-state index contributed by atoms with van der Waals surface area (Å²) in [5, 5.41) is 2.13. The van der Waals surface area contributed by atoms with Gasteiger partial charge in [0.1, 0.15) is 11.5 Å². The van der Waals surface area contributed by atoms with E-state index in [1.165, 1.54) is 24.4 Å². The van der Waals surface area contributed by atoms with Crippen LogP contribution in [0.5, 0.6) is 0 Å². The Hall–Kier alpha value is -2.05. The number of fused-ring (bicyclic) bond motifs is 1. The maximum Gasteiger partial charge on any atom is 0.262 e. The molecule has 0 spiro atoms. The number of nitrogens with one attached hydrogen (secondary N) is 1. The van der Waals surface area contributed by atoms with Crippen LogP contribution in [-0.4, -0.2) is 16.7 Å². The Bertz CT molecular complexity index is 876. The van der Waals surface area contributed by atoms with Gasteiger partial charge < -0.3 is 5.32 Å². The lowest BCUT2D eigenvalue weighted by Gasteiger charge is -2.29. The molecule has 0 aliphatic heterocycles. The van der Waals surface area contributed by atoms with Crippen LogP contribution in [0.1, 0.15) is 34.5 Å². The minimum Gasteiger partial charge on any atom is -0.349 e. The summed E-state index contributed by atoms with van der Waals surface area (Å²) in [6.45, 7) is -0.132. The van der Waals surface area contributed by atoms with Crippen LogP contribution in [0.3, 0.4) is 0 Å². The number of halogens is 4. The summed E-state index contributed by atoms with van der Waals surface area (Å²) in [4.78, 5) is 28.2. The summed E-state index contributed by atoms with van der Waals surface area (Å²) < 4.78 is 28.7. The lowest BCUT2D eigenvalue weighted by Crippen LogP contribution is -2.44. The number of Topliss-reactive ketones (excluding diaryl/α,β-unsaturated/α-hetero) is 1. The van der Waals surface area contributed by atoms with E-state index in [-0.39, 0.29) is 46.5 Å². The number of ketones is 1. The molecule has 3 rings (SSSR count). The standard InChI is InChI=1S/C17H12Cl2F2N2O2/c18-13-9(3-4-11(20)14(13)19)8-23-16(25)17(21)6-5-12(24)15-10(17)2-1-7-22-15/h1-4,7H,5-6,8H2,(H,23,25)/t17-/m0/s1. The SMILES string of the molecule is O=C1CC[C@@](F)(C(=O)NCc2ccc(F)c(Cl)c2Cl)c2cccnc21. The Labute approximate surface area is 152 Å². The fourth-order valence-electron chi connectivity index (χ4n) is 2.74. The third-order valence-electron chi connectivity index (χ3n) is 4.11. The Morgan fingerprint density at radius 3 is 2.80 bits per heavy atom. The van der Waals surface area contributed by atoms with E-state index in [0.717, 1.165) is 6.07 Å². The Morgan fingerprint density at radius 1 is 1.28 bits per heavy atom. The van der Waals surface area contributed by atoms with Crippen LogP contribution < -0.4 is 5.32 Å². The number of amides is 1. The van der Waals surface area contributed by atoms with E-state index in [1.54, 1.807) is 0 Å². The number of carbonyl (C=O) groups excluding carboxylic acids is 2. The van der Waals surface area contributed by atoms with Gasteiger partial charge in [-0.05, 0) is 17.7 Å². The maximum atomic E-state index is 15.4. The molecule has 25 heavy (non-hydrogen) atoms. The second-order valence-electron chi connectivity index (χ2n) is 5.64. The van der Waals surface area contributed by atoms with Gasteiger partial charge in [0.15, 0.2) is 5.78 Å². The molecule has 0 saturated carbocycles. The van der Waals surface area contributed by atoms with Gasteiger partial charge in [0.05, 0.1) is 10.0 Å². The predicted molar refractivity (Wildman–Crippen MR) is 88.9 cm³/mol. The average Bonchev–Trinajstić information content (AvgIpc) is 2.62. The van der Waals surface area contributed by atoms with Gasteiger partial charge in [-0.3, -0.25) is 14.6 Å². The molecule has 0 radical (unpaired) electrons. The molecule has 130 valence electrons. The number of pyridine rings is 1. The summed E-state index contributed by atoms with van der Waals surface area (Å²) in [5.41, 5.74) is -2.10. The summed E-state index contributed by atoms with van der Waals surface area (Å²) >= 11 is 11.6. The highest BCUT2D eigenvalue weighted by molar-refractivity contribution is 6.42. The van der Waals surface area contributed by atoms with E-state index in [4.69, 9.17) is 23.2 Å². The third kappa shape index (κ3) is 3.12. The second kappa shape index (κ2) is 6.69. The molecule has 1 N–H and O–H groups in total. The number of benzene rings is 1. The highest BCUT2D eigenvalue weighted by atomic mass is 35.5. The zero-order valence-electron chi connectivity index (χ0n) is 12.8. The number of aromatic nitrogens is 1. The highest BCUT2D eigenvalue weighted by Gasteiger charge is 2.46. The van der Waals surface area contributed by atoms with Gasteiger partial charge in [0.25, 0.3) is 5.91 Å². The van der Waals surface area contributed by atoms with Crippen LogP contribution in [0, 0.1) is 5.82 Å². The molecule has 2 aromatic rings. The molecule has 1 atom stereocenters. The molecule has 4 nitrogen and oxygen atoms in total. The molecular formula is C17H12Cl2F2N2O2. The molecule has 0 bridgehead atoms. The van der Waals surface area contributed by atoms with Crippen molar-refractivity contribution in [2.24, 2.45) is 0 Å². The van der Waals surface area contributed by atoms with Gasteiger partial charge in [-0.15, -0.1) is 0 Å². The predicted octanol–water partition coefficient (Wildman–Crippen LogP) is 3.99. The van der Waals surface area contributed by atoms with Gasteiger partial charge in [-0.25, -0.2) is 8.78 Å². The van der Waals surface area contributed by atoms with Gasteiger partial charge in [-0.1, -0.05) is 35.3 Å². The normalized spacial score (nSPS) is 19.4. The van der Waals surface area contributed by atoms with Crippen LogP contribution >= 0.6 is 23.2 Å². The molecule has 8 heteroatoms. The van der Waals surface area contributed by atoms with E-state index in [1.807, 2.05) is 0 Å². The quantitative estimate of drug-likeness (QED) is 0.814. The first-order chi connectivity index (χ1) is 11.8. The summed E-state index contributed by atoms with van der Waals surface area (Å²) in [7, 11) is 0. The molecule has 1 aliphatic carbocycles. The zero-order valence-corrected chi connectivity index (χ0v) is 14.3. The highest BCUT2D eigenvalue weighted by Crippen LogP contribution is 2.38. The first-order valence-electron chi connectivity index (χ1n) is 7.43. The van der Waals surface area contributed by atoms with Gasteiger partial charge in [0, 0.05) is 31.1 Å². The second-order valence-corrected chi connectivity index (χ2v) is 6.40. The summed E-state index contributed by atoms with van der Waals surface area (Å²) in [6, 6.07) is 5.31. The number of carbonyl (C=O) groups is 2. The number of alkyl halides is 1. The van der Waals surface area contributed by atoms with E-state index in [2.05, 4.69) is 10.3 Å². The van der Waals surface area contributed by atoms with E-state index in [0.29, 0.717) is 5.56 Å². The van der Waals surface area contributed by atoms with Crippen molar-refractivity contribution in [2.45, 2.75) is 25.1 Å². The molecule has 1 aromatic carbocycles. The first kappa shape index (κ1) is 17.8. The van der Waals surface area contributed by atoms with E-state index >= 15 is 4.39 Å². The lowest BCUT2D eigenvalue weighted by atomic mass is 9.81. The fourth-order valence-corrected chi connectivity index (χ4v) is 3.14. The smallest absolute Gasteiger partial charge is 0.262 e. The molecule has 0 fully saturated rings. The minimum absolute atomic E-state index is 0.0331. The van der Waals surface area contributed by atoms with Gasteiger partial charge in [-0.2, -0.15) is 0 Å². The lowest BCUT2D eigenvalue weighted by molar-refractivity contribution is -0.134. The number of nitrogens with zero attached hydrogens (tertiary/aromatic N) is 1. The largest absolute Gasteiger partial charge is 0.349 e. The number of rotatable bonds is 3. The molecule has 1 amide bonds. The Kier molecular flexibility index (Phi) is 4.75. The molecule has 1 heterocycles. The minimum atomic E-state index is -2.37. The first-order valence-corrected chi connectivity index (χ1v) is 8.18. The van der Waals surface area contributed by atoms with Crippen LogP contribution in [-0.2, 0) is 17.0 Å². The fraction of sp³-hybridized carbons (Fsp3) is 0.235. The summed E-state index contributed by atoms with van der Waals surface area (Å²) in [6.07, 6.45) is 0.992. The van der Waals surface area contributed by atoms with Crippen molar-refractivity contribution in [1.82, 2.24) is 10.3 Å². The Balaban J connectivity index is 1.84. The van der Waals surface area contributed by atoms with Crippen molar-refractivity contribution in [3.05, 3.63) is 63.1 Å². The maximum absolute atomic E-state index is 15.4. The van der Waals surface area contributed by atoms with Crippen LogP contribution in [0.15, 0.2) is 30.5 Å². The Morgan fingerprint density at radius 2 is 2.04 bits per heavy atom. The van der Waals surface area contributed by atoms with Crippen LogP contribution in [0.2, 0.25) is 10.0 Å². The number of hydrogen-bond donors (Lipinski definition) is 1. The van der Waals surface area contributed by atoms with Crippen molar-refractivity contribution in [3.63, 3.8) is 0 Å². The molecular weight excluding hydrogens is 373 g/mol. The third-order valence-corrected chi connectivity index (χ3v) is 5.01. The van der Waals surface area contributed by atoms with Crippen molar-refractivity contribution < 1.29 is 18.4 Å². The van der Waals surface area contributed by atoms with E-state index < -0.39 is 17.4 Å². The molecule has 0 saturated heterocycles. The van der Waals surface area contributed by atoms with Crippen molar-refractivity contribution in [3.8, 4) is 0 Å². The zero-order chi connectivity index (χ0) is 18.2. The van der Waals surface area contributed by atoms with Crippen molar-refractivity contribution in [1.29, 1.82) is 0 Å². The van der Waals surface area contributed by atoms with Crippen LogP contribution in [0.25, 0.3) is 0 Å². The molecule has 1 aromatic heterocycles. The van der Waals surface area contributed by atoms with E-state index in [9.17, 15) is 14.0 Å². The van der Waals surface area contributed by atoms with Crippen LogP contribution in [0.4, 0.5) is 8.78 Å². The molecule has 0 unspecified atom stereocenters. The van der Waals surface area contributed by atoms with Crippen molar-refractivity contribution >= 4 is 34.9 Å². The summed E-state index contributed by atoms with van der Waals surface area (Å²) in [5.74, 6) is -1.90. The topological polar surface area (TPSA) is 59.1 Å². The monoisotopic (exact) mass is 384 g/mol.